The van der Waals surface area contributed by atoms with Gasteiger partial charge in [0, 0.05) is 19.5 Å². The van der Waals surface area contributed by atoms with Crippen molar-refractivity contribution in [2.75, 3.05) is 20.1 Å². The van der Waals surface area contributed by atoms with Gasteiger partial charge in [-0.15, -0.1) is 0 Å². The van der Waals surface area contributed by atoms with Gasteiger partial charge in [-0.3, -0.25) is 9.59 Å². The van der Waals surface area contributed by atoms with Crippen LogP contribution in [0.25, 0.3) is 0 Å². The van der Waals surface area contributed by atoms with Crippen molar-refractivity contribution >= 4 is 11.9 Å². The van der Waals surface area contributed by atoms with E-state index in [1.165, 1.54) is 5.56 Å². The van der Waals surface area contributed by atoms with E-state index in [9.17, 15) is 14.7 Å². The fourth-order valence-electron chi connectivity index (χ4n) is 3.79. The number of nitrogens with one attached hydrogen (secondary N) is 1. The van der Waals surface area contributed by atoms with Crippen molar-refractivity contribution in [3.63, 3.8) is 0 Å². The van der Waals surface area contributed by atoms with Crippen LogP contribution >= 0.6 is 0 Å². The van der Waals surface area contributed by atoms with Gasteiger partial charge in [0.05, 0.1) is 5.41 Å². The van der Waals surface area contributed by atoms with E-state index in [4.69, 9.17) is 0 Å². The van der Waals surface area contributed by atoms with Gasteiger partial charge in [-0.2, -0.15) is 0 Å². The Hall–Kier alpha value is -1.88. The summed E-state index contributed by atoms with van der Waals surface area (Å²) in [4.78, 5) is 26.3. The van der Waals surface area contributed by atoms with Crippen molar-refractivity contribution in [3.05, 3.63) is 35.9 Å². The lowest BCUT2D eigenvalue weighted by atomic mass is 9.77. The Kier molecular flexibility index (Phi) is 8.10. The number of benzene rings is 1. The Morgan fingerprint density at radius 3 is 2.38 bits per heavy atom. The SMILES string of the molecule is CN(CCCNC(=O)CC1(C(=O)O)CCCCCC1)Cc1ccccc1. The minimum atomic E-state index is -0.856. The fourth-order valence-corrected chi connectivity index (χ4v) is 3.79. The van der Waals surface area contributed by atoms with Gasteiger partial charge in [0.2, 0.25) is 5.91 Å². The molecule has 144 valence electrons. The van der Waals surface area contributed by atoms with E-state index in [1.807, 2.05) is 18.2 Å². The maximum Gasteiger partial charge on any atom is 0.310 e. The third kappa shape index (κ3) is 6.45. The number of nitrogens with zero attached hydrogens (tertiary/aromatic N) is 1. The molecule has 0 aliphatic heterocycles. The zero-order chi connectivity index (χ0) is 18.8. The lowest BCUT2D eigenvalue weighted by Crippen LogP contribution is -2.38. The molecule has 1 aromatic carbocycles. The van der Waals surface area contributed by atoms with Crippen LogP contribution in [-0.2, 0) is 16.1 Å². The monoisotopic (exact) mass is 360 g/mol. The van der Waals surface area contributed by atoms with Gasteiger partial charge in [-0.25, -0.2) is 0 Å². The van der Waals surface area contributed by atoms with E-state index in [0.29, 0.717) is 19.4 Å². The Bertz CT molecular complexity index is 566. The second-order valence-corrected chi connectivity index (χ2v) is 7.60. The zero-order valence-corrected chi connectivity index (χ0v) is 15.9. The molecule has 2 N–H and O–H groups in total. The maximum absolute atomic E-state index is 12.3. The third-order valence-electron chi connectivity index (χ3n) is 5.35. The predicted molar refractivity (Wildman–Crippen MR) is 103 cm³/mol. The van der Waals surface area contributed by atoms with Crippen LogP contribution in [0.3, 0.4) is 0 Å². The largest absolute Gasteiger partial charge is 0.481 e. The van der Waals surface area contributed by atoms with Gasteiger partial charge < -0.3 is 15.3 Å². The standard InChI is InChI=1S/C21H32N2O3/c1-23(17-18-10-5-4-6-11-18)15-9-14-22-19(24)16-21(20(25)26)12-7-2-3-8-13-21/h4-6,10-11H,2-3,7-9,12-17H2,1H3,(H,22,24)(H,25,26). The second-order valence-electron chi connectivity index (χ2n) is 7.60. The number of carboxylic acids is 1. The summed E-state index contributed by atoms with van der Waals surface area (Å²) in [6.45, 7) is 2.36. The molecule has 0 spiro atoms. The van der Waals surface area contributed by atoms with Crippen LogP contribution in [0.15, 0.2) is 30.3 Å². The van der Waals surface area contributed by atoms with Crippen molar-refractivity contribution in [1.82, 2.24) is 10.2 Å². The summed E-state index contributed by atoms with van der Waals surface area (Å²) in [6, 6.07) is 10.3. The second kappa shape index (κ2) is 10.3. The number of rotatable bonds is 9. The van der Waals surface area contributed by atoms with E-state index < -0.39 is 11.4 Å². The number of carbonyl (C=O) groups is 2. The summed E-state index contributed by atoms with van der Waals surface area (Å²) in [5.41, 5.74) is 0.417. The first-order valence-corrected chi connectivity index (χ1v) is 9.74. The minimum absolute atomic E-state index is 0.113. The Morgan fingerprint density at radius 1 is 1.12 bits per heavy atom. The molecule has 1 amide bonds. The van der Waals surface area contributed by atoms with Crippen LogP contribution in [0.4, 0.5) is 0 Å². The smallest absolute Gasteiger partial charge is 0.310 e. The van der Waals surface area contributed by atoms with Gasteiger partial charge in [-0.05, 0) is 38.4 Å². The Balaban J connectivity index is 1.70. The molecule has 0 aromatic heterocycles. The van der Waals surface area contributed by atoms with Gasteiger partial charge >= 0.3 is 5.97 Å². The quantitative estimate of drug-likeness (QED) is 0.523. The molecule has 0 atom stereocenters. The maximum atomic E-state index is 12.3. The van der Waals surface area contributed by atoms with Crippen molar-refractivity contribution in [2.45, 2.75) is 57.9 Å². The van der Waals surface area contributed by atoms with E-state index in [2.05, 4.69) is 29.4 Å². The van der Waals surface area contributed by atoms with Gasteiger partial charge in [0.25, 0.3) is 0 Å². The van der Waals surface area contributed by atoms with Crippen molar-refractivity contribution < 1.29 is 14.7 Å². The summed E-state index contributed by atoms with van der Waals surface area (Å²) in [6.07, 6.45) is 6.17. The van der Waals surface area contributed by atoms with Gasteiger partial charge in [0.1, 0.15) is 0 Å². The van der Waals surface area contributed by atoms with Crippen LogP contribution < -0.4 is 5.32 Å². The topological polar surface area (TPSA) is 69.6 Å². The zero-order valence-electron chi connectivity index (χ0n) is 15.9. The molecule has 26 heavy (non-hydrogen) atoms. The third-order valence-corrected chi connectivity index (χ3v) is 5.35. The molecule has 5 heteroatoms. The summed E-state index contributed by atoms with van der Waals surface area (Å²) in [5.74, 6) is -0.933. The number of aliphatic carboxylic acids is 1. The van der Waals surface area contributed by atoms with E-state index in [0.717, 1.165) is 45.2 Å². The molecule has 1 saturated carbocycles. The lowest BCUT2D eigenvalue weighted by Gasteiger charge is -2.27. The van der Waals surface area contributed by atoms with Gasteiger partial charge in [-0.1, -0.05) is 56.0 Å². The highest BCUT2D eigenvalue weighted by atomic mass is 16.4. The molecule has 1 aliphatic rings. The normalized spacial score (nSPS) is 16.8. The summed E-state index contributed by atoms with van der Waals surface area (Å²) in [5, 5.41) is 12.6. The Morgan fingerprint density at radius 2 is 1.77 bits per heavy atom. The average molecular weight is 360 g/mol. The highest BCUT2D eigenvalue weighted by Gasteiger charge is 2.40. The minimum Gasteiger partial charge on any atom is -0.481 e. The van der Waals surface area contributed by atoms with Crippen molar-refractivity contribution in [2.24, 2.45) is 5.41 Å². The van der Waals surface area contributed by atoms with Crippen molar-refractivity contribution in [3.8, 4) is 0 Å². The first-order chi connectivity index (χ1) is 12.5. The summed E-state index contributed by atoms with van der Waals surface area (Å²) in [7, 11) is 2.07. The van der Waals surface area contributed by atoms with Crippen LogP contribution in [0.1, 0.15) is 56.9 Å². The number of hydrogen-bond donors (Lipinski definition) is 2. The molecule has 1 fully saturated rings. The molecule has 1 aliphatic carbocycles. The number of amides is 1. The van der Waals surface area contributed by atoms with E-state index in [-0.39, 0.29) is 12.3 Å². The lowest BCUT2D eigenvalue weighted by molar-refractivity contribution is -0.152. The molecule has 0 unspecified atom stereocenters. The molecule has 0 heterocycles. The molecule has 0 radical (unpaired) electrons. The highest BCUT2D eigenvalue weighted by molar-refractivity contribution is 5.85. The van der Waals surface area contributed by atoms with E-state index >= 15 is 0 Å². The Labute approximate surface area is 156 Å². The predicted octanol–water partition coefficient (Wildman–Crippen LogP) is 3.44. The molecular formula is C21H32N2O3. The van der Waals surface area contributed by atoms with Crippen LogP contribution in [-0.4, -0.2) is 42.0 Å². The molecular weight excluding hydrogens is 328 g/mol. The molecule has 0 saturated heterocycles. The van der Waals surface area contributed by atoms with Crippen molar-refractivity contribution in [1.29, 1.82) is 0 Å². The molecule has 5 nitrogen and oxygen atoms in total. The number of carbonyl (C=O) groups excluding carboxylic acids is 1. The summed E-state index contributed by atoms with van der Waals surface area (Å²) >= 11 is 0. The average Bonchev–Trinajstić information content (AvgIpc) is 2.86. The summed E-state index contributed by atoms with van der Waals surface area (Å²) < 4.78 is 0. The van der Waals surface area contributed by atoms with Crippen LogP contribution in [0.2, 0.25) is 0 Å². The fraction of sp³-hybridized carbons (Fsp3) is 0.619. The number of hydrogen-bond acceptors (Lipinski definition) is 3. The highest BCUT2D eigenvalue weighted by Crippen LogP contribution is 2.38. The number of carboxylic acid groups (broad SMARTS) is 1. The van der Waals surface area contributed by atoms with Crippen LogP contribution in [0, 0.1) is 5.41 Å². The van der Waals surface area contributed by atoms with E-state index in [1.54, 1.807) is 0 Å². The van der Waals surface area contributed by atoms with Gasteiger partial charge in [0.15, 0.2) is 0 Å². The van der Waals surface area contributed by atoms with Crippen LogP contribution in [0.5, 0.6) is 0 Å². The molecule has 2 rings (SSSR count). The molecule has 1 aromatic rings. The molecule has 0 bridgehead atoms. The first kappa shape index (κ1) is 20.4. The first-order valence-electron chi connectivity index (χ1n) is 9.74.